The first-order chi connectivity index (χ1) is 7.99. The Morgan fingerprint density at radius 1 is 1.59 bits per heavy atom. The van der Waals surface area contributed by atoms with Gasteiger partial charge in [-0.25, -0.2) is 0 Å². The predicted octanol–water partition coefficient (Wildman–Crippen LogP) is 1.37. The van der Waals surface area contributed by atoms with Gasteiger partial charge in [-0.15, -0.1) is 11.3 Å². The number of carbonyl (C=O) groups is 1. The number of aliphatic carboxylic acids is 1. The van der Waals surface area contributed by atoms with Crippen LogP contribution < -0.4 is 0 Å². The molecule has 0 saturated heterocycles. The summed E-state index contributed by atoms with van der Waals surface area (Å²) in [5.41, 5.74) is 1.30. The Kier molecular flexibility index (Phi) is 5.61. The van der Waals surface area contributed by atoms with Crippen molar-refractivity contribution in [2.75, 3.05) is 20.1 Å². The number of hydrogen-bond acceptors (Lipinski definition) is 4. The van der Waals surface area contributed by atoms with Gasteiger partial charge in [-0.2, -0.15) is 0 Å². The molecule has 0 spiro atoms. The molecule has 1 aromatic rings. The number of carboxylic acids is 1. The number of nitrogens with zero attached hydrogens (tertiary/aromatic N) is 1. The molecule has 4 nitrogen and oxygen atoms in total. The first-order valence-corrected chi connectivity index (χ1v) is 6.48. The van der Waals surface area contributed by atoms with E-state index in [1.54, 1.807) is 11.3 Å². The van der Waals surface area contributed by atoms with Crippen molar-refractivity contribution in [3.8, 4) is 0 Å². The van der Waals surface area contributed by atoms with E-state index in [4.69, 9.17) is 5.11 Å². The highest BCUT2D eigenvalue weighted by Crippen LogP contribution is 2.16. The number of likely N-dealkylation sites (N-methyl/N-ethyl adjacent to an activating group) is 1. The molecule has 0 saturated carbocycles. The monoisotopic (exact) mass is 257 g/mol. The summed E-state index contributed by atoms with van der Waals surface area (Å²) in [6.45, 7) is 3.32. The summed E-state index contributed by atoms with van der Waals surface area (Å²) < 4.78 is 0. The largest absolute Gasteiger partial charge is 0.481 e. The van der Waals surface area contributed by atoms with Crippen molar-refractivity contribution in [1.82, 2.24) is 4.90 Å². The summed E-state index contributed by atoms with van der Waals surface area (Å²) in [5, 5.41) is 20.1. The molecule has 0 amide bonds. The van der Waals surface area contributed by atoms with E-state index in [9.17, 15) is 9.90 Å². The molecule has 2 N–H and O–H groups in total. The van der Waals surface area contributed by atoms with E-state index >= 15 is 0 Å². The second kappa shape index (κ2) is 6.74. The molecule has 0 aromatic carbocycles. The van der Waals surface area contributed by atoms with Crippen LogP contribution in [0.2, 0.25) is 0 Å². The van der Waals surface area contributed by atoms with Crippen molar-refractivity contribution in [2.24, 2.45) is 0 Å². The van der Waals surface area contributed by atoms with E-state index in [1.807, 2.05) is 11.9 Å². The first kappa shape index (κ1) is 14.2. The molecule has 1 unspecified atom stereocenters. The molecule has 0 fully saturated rings. The minimum Gasteiger partial charge on any atom is -0.481 e. The lowest BCUT2D eigenvalue weighted by Gasteiger charge is -2.19. The molecular formula is C12H19NO3S. The van der Waals surface area contributed by atoms with Gasteiger partial charge < -0.3 is 15.1 Å². The molecule has 1 rings (SSSR count). The SMILES string of the molecule is Cc1ccsc1CCN(C)CC(O)CC(=O)O. The molecular weight excluding hydrogens is 238 g/mol. The Morgan fingerprint density at radius 3 is 2.82 bits per heavy atom. The number of aliphatic hydroxyl groups excluding tert-OH is 1. The van der Waals surface area contributed by atoms with Crippen molar-refractivity contribution in [1.29, 1.82) is 0 Å². The molecule has 5 heteroatoms. The zero-order valence-corrected chi connectivity index (χ0v) is 11.0. The Labute approximate surface area is 106 Å². The molecule has 1 aromatic heterocycles. The number of aryl methyl sites for hydroxylation is 1. The molecule has 0 aliphatic rings. The fourth-order valence-corrected chi connectivity index (χ4v) is 2.57. The van der Waals surface area contributed by atoms with Crippen molar-refractivity contribution in [2.45, 2.75) is 25.9 Å². The van der Waals surface area contributed by atoms with Crippen LogP contribution in [0.15, 0.2) is 11.4 Å². The summed E-state index contributed by atoms with van der Waals surface area (Å²) in [6.07, 6.45) is -0.0377. The van der Waals surface area contributed by atoms with Gasteiger partial charge in [-0.05, 0) is 37.4 Å². The Morgan fingerprint density at radius 2 is 2.29 bits per heavy atom. The van der Waals surface area contributed by atoms with Gasteiger partial charge in [-0.3, -0.25) is 4.79 Å². The van der Waals surface area contributed by atoms with E-state index < -0.39 is 12.1 Å². The Balaban J connectivity index is 2.28. The quantitative estimate of drug-likeness (QED) is 0.774. The highest BCUT2D eigenvalue weighted by atomic mass is 32.1. The molecule has 0 radical (unpaired) electrons. The molecule has 17 heavy (non-hydrogen) atoms. The fourth-order valence-electron chi connectivity index (χ4n) is 1.67. The van der Waals surface area contributed by atoms with E-state index in [0.717, 1.165) is 13.0 Å². The van der Waals surface area contributed by atoms with Crippen LogP contribution in [0, 0.1) is 6.92 Å². The lowest BCUT2D eigenvalue weighted by atomic mass is 10.2. The Bertz CT molecular complexity index is 364. The number of carboxylic acid groups (broad SMARTS) is 1. The van der Waals surface area contributed by atoms with E-state index in [-0.39, 0.29) is 6.42 Å². The lowest BCUT2D eigenvalue weighted by molar-refractivity contribution is -0.139. The van der Waals surface area contributed by atoms with Gasteiger partial charge in [0.1, 0.15) is 0 Å². The zero-order chi connectivity index (χ0) is 12.8. The molecule has 0 aliphatic carbocycles. The maximum absolute atomic E-state index is 10.4. The van der Waals surface area contributed by atoms with Crippen LogP contribution in [0.1, 0.15) is 16.9 Å². The van der Waals surface area contributed by atoms with Gasteiger partial charge in [0.05, 0.1) is 12.5 Å². The number of thiophene rings is 1. The van der Waals surface area contributed by atoms with E-state index in [1.165, 1.54) is 10.4 Å². The van der Waals surface area contributed by atoms with Crippen LogP contribution in [0.5, 0.6) is 0 Å². The predicted molar refractivity (Wildman–Crippen MR) is 68.5 cm³/mol. The summed E-state index contributed by atoms with van der Waals surface area (Å²) in [5.74, 6) is -0.958. The maximum atomic E-state index is 10.4. The number of rotatable bonds is 7. The Hall–Kier alpha value is -0.910. The smallest absolute Gasteiger partial charge is 0.306 e. The van der Waals surface area contributed by atoms with Crippen LogP contribution in [-0.4, -0.2) is 47.3 Å². The second-order valence-corrected chi connectivity index (χ2v) is 5.29. The number of aliphatic hydroxyl groups is 1. The third-order valence-corrected chi connectivity index (χ3v) is 3.70. The van der Waals surface area contributed by atoms with Crippen LogP contribution >= 0.6 is 11.3 Å². The first-order valence-electron chi connectivity index (χ1n) is 5.60. The van der Waals surface area contributed by atoms with Gasteiger partial charge in [0.2, 0.25) is 0 Å². The van der Waals surface area contributed by atoms with Gasteiger partial charge >= 0.3 is 5.97 Å². The third kappa shape index (κ3) is 5.30. The molecule has 1 heterocycles. The van der Waals surface area contributed by atoms with Crippen LogP contribution in [0.25, 0.3) is 0 Å². The third-order valence-electron chi connectivity index (χ3n) is 2.62. The fraction of sp³-hybridized carbons (Fsp3) is 0.583. The topological polar surface area (TPSA) is 60.8 Å². The summed E-state index contributed by atoms with van der Waals surface area (Å²) in [4.78, 5) is 13.7. The summed E-state index contributed by atoms with van der Waals surface area (Å²) in [6, 6.07) is 2.10. The van der Waals surface area contributed by atoms with Crippen LogP contribution in [-0.2, 0) is 11.2 Å². The average Bonchev–Trinajstić information content (AvgIpc) is 2.59. The summed E-state index contributed by atoms with van der Waals surface area (Å²) in [7, 11) is 1.90. The van der Waals surface area contributed by atoms with Crippen molar-refractivity contribution < 1.29 is 15.0 Å². The molecule has 96 valence electrons. The molecule has 1 atom stereocenters. The zero-order valence-electron chi connectivity index (χ0n) is 10.2. The van der Waals surface area contributed by atoms with Crippen LogP contribution in [0.3, 0.4) is 0 Å². The van der Waals surface area contributed by atoms with E-state index in [0.29, 0.717) is 6.54 Å². The van der Waals surface area contributed by atoms with Crippen molar-refractivity contribution >= 4 is 17.3 Å². The van der Waals surface area contributed by atoms with E-state index in [2.05, 4.69) is 18.4 Å². The second-order valence-electron chi connectivity index (χ2n) is 4.29. The minimum absolute atomic E-state index is 0.192. The highest BCUT2D eigenvalue weighted by Gasteiger charge is 2.12. The van der Waals surface area contributed by atoms with Gasteiger partial charge in [0.25, 0.3) is 0 Å². The lowest BCUT2D eigenvalue weighted by Crippen LogP contribution is -2.32. The van der Waals surface area contributed by atoms with Crippen LogP contribution in [0.4, 0.5) is 0 Å². The molecule has 0 bridgehead atoms. The summed E-state index contributed by atoms with van der Waals surface area (Å²) >= 11 is 1.74. The number of hydrogen-bond donors (Lipinski definition) is 2. The standard InChI is InChI=1S/C12H19NO3S/c1-9-4-6-17-11(9)3-5-13(2)8-10(14)7-12(15)16/h4,6,10,14H,3,5,7-8H2,1-2H3,(H,15,16). The average molecular weight is 257 g/mol. The normalized spacial score (nSPS) is 12.9. The maximum Gasteiger partial charge on any atom is 0.306 e. The van der Waals surface area contributed by atoms with Gasteiger partial charge in [0, 0.05) is 18.0 Å². The van der Waals surface area contributed by atoms with Gasteiger partial charge in [-0.1, -0.05) is 0 Å². The van der Waals surface area contributed by atoms with Crippen molar-refractivity contribution in [3.63, 3.8) is 0 Å². The minimum atomic E-state index is -0.958. The highest BCUT2D eigenvalue weighted by molar-refractivity contribution is 7.10. The van der Waals surface area contributed by atoms with Gasteiger partial charge in [0.15, 0.2) is 0 Å². The van der Waals surface area contributed by atoms with Crippen molar-refractivity contribution in [3.05, 3.63) is 21.9 Å². The molecule has 0 aliphatic heterocycles.